The molecule has 4 nitrogen and oxygen atoms in total. The Bertz CT molecular complexity index is 530. The Morgan fingerprint density at radius 1 is 1.35 bits per heavy atom. The van der Waals surface area contributed by atoms with E-state index in [-0.39, 0.29) is 11.8 Å². The van der Waals surface area contributed by atoms with Gasteiger partial charge in [-0.15, -0.1) is 0 Å². The molecule has 2 unspecified atom stereocenters. The molecule has 1 N–H and O–H groups in total. The number of carbonyl (C=O) groups excluding carboxylic acids is 2. The van der Waals surface area contributed by atoms with Crippen LogP contribution < -0.4 is 5.32 Å². The van der Waals surface area contributed by atoms with E-state index < -0.39 is 12.1 Å². The van der Waals surface area contributed by atoms with Crippen molar-refractivity contribution in [3.8, 4) is 0 Å². The van der Waals surface area contributed by atoms with Gasteiger partial charge in [0.1, 0.15) is 12.1 Å². The highest BCUT2D eigenvalue weighted by Crippen LogP contribution is 2.27. The number of benzene rings is 1. The minimum atomic E-state index is -0.596. The molecule has 20 heavy (non-hydrogen) atoms. The van der Waals surface area contributed by atoms with Gasteiger partial charge in [-0.05, 0) is 12.0 Å². The van der Waals surface area contributed by atoms with Gasteiger partial charge in [-0.3, -0.25) is 9.59 Å². The number of amides is 2. The number of rotatable bonds is 4. The summed E-state index contributed by atoms with van der Waals surface area (Å²) in [5, 5.41) is 2.79. The molecule has 2 atom stereocenters. The van der Waals surface area contributed by atoms with Crippen molar-refractivity contribution < 1.29 is 9.59 Å². The van der Waals surface area contributed by atoms with Crippen molar-refractivity contribution in [1.82, 2.24) is 10.2 Å². The van der Waals surface area contributed by atoms with Crippen molar-refractivity contribution in [2.24, 2.45) is 0 Å². The minimum absolute atomic E-state index is 0.0680. The van der Waals surface area contributed by atoms with E-state index in [1.807, 2.05) is 37.3 Å². The number of hydrogen-bond donors (Lipinski definition) is 1. The number of halogens is 1. The molecule has 0 aromatic heterocycles. The zero-order chi connectivity index (χ0) is 14.7. The summed E-state index contributed by atoms with van der Waals surface area (Å²) in [6, 6.07) is 8.27. The smallest absolute Gasteiger partial charge is 0.248 e. The van der Waals surface area contributed by atoms with Crippen molar-refractivity contribution in [3.63, 3.8) is 0 Å². The lowest BCUT2D eigenvalue weighted by atomic mass is 9.98. The molecule has 5 heteroatoms. The lowest BCUT2D eigenvalue weighted by Crippen LogP contribution is -2.59. The summed E-state index contributed by atoms with van der Waals surface area (Å²) in [5.41, 5.74) is 0.807. The first kappa shape index (κ1) is 14.8. The van der Waals surface area contributed by atoms with E-state index in [1.165, 1.54) is 0 Å². The van der Waals surface area contributed by atoms with Crippen LogP contribution in [0.3, 0.4) is 0 Å². The second-order valence-corrected chi connectivity index (χ2v) is 5.89. The Kier molecular flexibility index (Phi) is 4.60. The standard InChI is InChI=1S/C15H17BrN2O2/c1-3-12-15(20)18(9-10(2)16)13(14(19)17-12)11-7-5-4-6-8-11/h4-8,12-13H,2-3,9H2,1H3,(H,17,19). The minimum Gasteiger partial charge on any atom is -0.342 e. The van der Waals surface area contributed by atoms with E-state index in [4.69, 9.17) is 0 Å². The Labute approximate surface area is 127 Å². The highest BCUT2D eigenvalue weighted by atomic mass is 79.9. The third-order valence-corrected chi connectivity index (χ3v) is 3.57. The van der Waals surface area contributed by atoms with Gasteiger partial charge >= 0.3 is 0 Å². The monoisotopic (exact) mass is 336 g/mol. The number of piperazine rings is 1. The summed E-state index contributed by atoms with van der Waals surface area (Å²) >= 11 is 3.28. The predicted octanol–water partition coefficient (Wildman–Crippen LogP) is 2.37. The van der Waals surface area contributed by atoms with Crippen molar-refractivity contribution in [1.29, 1.82) is 0 Å². The molecule has 1 aromatic rings. The summed E-state index contributed by atoms with van der Waals surface area (Å²) in [6.45, 7) is 5.98. The van der Waals surface area contributed by atoms with Gasteiger partial charge < -0.3 is 10.2 Å². The lowest BCUT2D eigenvalue weighted by molar-refractivity contribution is -0.149. The third kappa shape index (κ3) is 2.93. The molecule has 0 spiro atoms. The van der Waals surface area contributed by atoms with Crippen LogP contribution in [0, 0.1) is 0 Å². The average Bonchev–Trinajstić information content (AvgIpc) is 2.43. The van der Waals surface area contributed by atoms with Gasteiger partial charge in [0.15, 0.2) is 0 Å². The van der Waals surface area contributed by atoms with Gasteiger partial charge in [-0.25, -0.2) is 0 Å². The fourth-order valence-corrected chi connectivity index (χ4v) is 2.65. The molecule has 1 saturated heterocycles. The van der Waals surface area contributed by atoms with E-state index in [0.29, 0.717) is 17.4 Å². The Balaban J connectivity index is 2.38. The molecule has 2 amide bonds. The molecule has 1 fully saturated rings. The van der Waals surface area contributed by atoms with Crippen molar-refractivity contribution in [2.45, 2.75) is 25.4 Å². The first-order chi connectivity index (χ1) is 9.54. The van der Waals surface area contributed by atoms with Crippen LogP contribution in [0.5, 0.6) is 0 Å². The van der Waals surface area contributed by atoms with E-state index in [9.17, 15) is 9.59 Å². The number of carbonyl (C=O) groups is 2. The fraction of sp³-hybridized carbons (Fsp3) is 0.333. The largest absolute Gasteiger partial charge is 0.342 e. The number of nitrogens with one attached hydrogen (secondary N) is 1. The molecule has 0 aliphatic carbocycles. The number of nitrogens with zero attached hydrogens (tertiary/aromatic N) is 1. The van der Waals surface area contributed by atoms with Crippen LogP contribution in [-0.2, 0) is 9.59 Å². The molecule has 1 aromatic carbocycles. The highest BCUT2D eigenvalue weighted by Gasteiger charge is 2.40. The summed E-state index contributed by atoms with van der Waals surface area (Å²) in [4.78, 5) is 26.4. The Morgan fingerprint density at radius 3 is 2.55 bits per heavy atom. The second kappa shape index (κ2) is 6.22. The first-order valence-corrected chi connectivity index (χ1v) is 7.33. The summed E-state index contributed by atoms with van der Waals surface area (Å²) in [5.74, 6) is -0.210. The van der Waals surface area contributed by atoms with Crippen molar-refractivity contribution >= 4 is 27.7 Å². The summed E-state index contributed by atoms with van der Waals surface area (Å²) < 4.78 is 0.677. The fourth-order valence-electron chi connectivity index (χ4n) is 2.38. The van der Waals surface area contributed by atoms with Gasteiger partial charge in [0.05, 0.1) is 6.54 Å². The van der Waals surface area contributed by atoms with E-state index in [1.54, 1.807) is 4.90 Å². The molecule has 0 saturated carbocycles. The van der Waals surface area contributed by atoms with Gasteiger partial charge in [0.25, 0.3) is 0 Å². The molecule has 2 rings (SSSR count). The normalized spacial score (nSPS) is 22.6. The maximum Gasteiger partial charge on any atom is 0.248 e. The lowest BCUT2D eigenvalue weighted by Gasteiger charge is -2.38. The molecule has 0 bridgehead atoms. The van der Waals surface area contributed by atoms with Gasteiger partial charge in [-0.2, -0.15) is 0 Å². The van der Waals surface area contributed by atoms with Crippen LogP contribution >= 0.6 is 15.9 Å². The average molecular weight is 337 g/mol. The first-order valence-electron chi connectivity index (χ1n) is 6.53. The van der Waals surface area contributed by atoms with E-state index in [0.717, 1.165) is 5.56 Å². The van der Waals surface area contributed by atoms with E-state index in [2.05, 4.69) is 27.8 Å². The molecular weight excluding hydrogens is 320 g/mol. The van der Waals surface area contributed by atoms with Crippen LogP contribution in [0.1, 0.15) is 24.9 Å². The molecule has 106 valence electrons. The third-order valence-electron chi connectivity index (χ3n) is 3.32. The number of hydrogen-bond acceptors (Lipinski definition) is 2. The SMILES string of the molecule is C=C(Br)CN1C(=O)C(CC)NC(=O)C1c1ccccc1. The van der Waals surface area contributed by atoms with Gasteiger partial charge in [0, 0.05) is 4.48 Å². The Morgan fingerprint density at radius 2 is 2.00 bits per heavy atom. The van der Waals surface area contributed by atoms with Crippen LogP contribution in [0.25, 0.3) is 0 Å². The zero-order valence-corrected chi connectivity index (χ0v) is 12.9. The van der Waals surface area contributed by atoms with Gasteiger partial charge in [0.2, 0.25) is 11.8 Å². The topological polar surface area (TPSA) is 49.4 Å². The van der Waals surface area contributed by atoms with Crippen LogP contribution in [0.4, 0.5) is 0 Å². The molecule has 1 aliphatic heterocycles. The maximum absolute atomic E-state index is 12.5. The maximum atomic E-state index is 12.5. The summed E-state index contributed by atoms with van der Waals surface area (Å²) in [6.07, 6.45) is 0.581. The zero-order valence-electron chi connectivity index (χ0n) is 11.3. The molecule has 1 aliphatic rings. The quantitative estimate of drug-likeness (QED) is 0.917. The Hall–Kier alpha value is -1.62. The highest BCUT2D eigenvalue weighted by molar-refractivity contribution is 9.11. The molecule has 0 radical (unpaired) electrons. The van der Waals surface area contributed by atoms with Crippen LogP contribution in [-0.4, -0.2) is 29.3 Å². The summed E-state index contributed by atoms with van der Waals surface area (Å²) in [7, 11) is 0. The molecular formula is C15H17BrN2O2. The van der Waals surface area contributed by atoms with Crippen molar-refractivity contribution in [2.75, 3.05) is 6.54 Å². The van der Waals surface area contributed by atoms with Crippen LogP contribution in [0.15, 0.2) is 41.4 Å². The van der Waals surface area contributed by atoms with E-state index >= 15 is 0 Å². The predicted molar refractivity (Wildman–Crippen MR) is 81.2 cm³/mol. The van der Waals surface area contributed by atoms with Gasteiger partial charge in [-0.1, -0.05) is 59.8 Å². The van der Waals surface area contributed by atoms with Crippen molar-refractivity contribution in [3.05, 3.63) is 47.0 Å². The van der Waals surface area contributed by atoms with Crippen LogP contribution in [0.2, 0.25) is 0 Å². The molecule has 1 heterocycles. The second-order valence-electron chi connectivity index (χ2n) is 4.77.